The molecular weight excluding hydrogens is 373 g/mol. The van der Waals surface area contributed by atoms with E-state index in [4.69, 9.17) is 23.2 Å². The number of benzene rings is 2. The molecule has 0 aliphatic carbocycles. The fourth-order valence-corrected chi connectivity index (χ4v) is 3.24. The quantitative estimate of drug-likeness (QED) is 0.506. The summed E-state index contributed by atoms with van der Waals surface area (Å²) in [6.45, 7) is 0. The first-order valence-electron chi connectivity index (χ1n) is 7.76. The van der Waals surface area contributed by atoms with E-state index in [2.05, 4.69) is 9.97 Å². The van der Waals surface area contributed by atoms with Crippen LogP contribution < -0.4 is 0 Å². The first-order valence-corrected chi connectivity index (χ1v) is 8.52. The van der Waals surface area contributed by atoms with Crippen LogP contribution in [0.2, 0.25) is 10.0 Å². The van der Waals surface area contributed by atoms with E-state index in [1.165, 1.54) is 0 Å². The van der Waals surface area contributed by atoms with Crippen LogP contribution in [0, 0.1) is 0 Å². The van der Waals surface area contributed by atoms with E-state index in [9.17, 15) is 9.90 Å². The van der Waals surface area contributed by atoms with Crippen LogP contribution in [-0.2, 0) is 7.05 Å². The fraction of sp³-hybridized carbons (Fsp3) is 0.0526. The van der Waals surface area contributed by atoms with Crippen LogP contribution in [0.15, 0.2) is 48.9 Å². The second kappa shape index (κ2) is 6.20. The summed E-state index contributed by atoms with van der Waals surface area (Å²) in [6, 6.07) is 10.5. The number of fused-ring (bicyclic) bond motifs is 1. The first-order chi connectivity index (χ1) is 12.4. The van der Waals surface area contributed by atoms with Crippen LogP contribution in [-0.4, -0.2) is 25.6 Å². The normalized spacial score (nSPS) is 11.2. The molecule has 0 amide bonds. The zero-order valence-electron chi connectivity index (χ0n) is 13.6. The van der Waals surface area contributed by atoms with Gasteiger partial charge in [-0.15, -0.1) is 0 Å². The molecule has 4 rings (SSSR count). The Morgan fingerprint density at radius 1 is 1.15 bits per heavy atom. The molecule has 26 heavy (non-hydrogen) atoms. The second-order valence-electron chi connectivity index (χ2n) is 6.03. The lowest BCUT2D eigenvalue weighted by Gasteiger charge is -2.03. The Kier molecular flexibility index (Phi) is 3.98. The molecule has 0 atom stereocenters. The molecule has 130 valence electrons. The van der Waals surface area contributed by atoms with Gasteiger partial charge in [-0.3, -0.25) is 0 Å². The van der Waals surface area contributed by atoms with Crippen LogP contribution in [0.5, 0.6) is 0 Å². The minimum Gasteiger partial charge on any atom is -0.478 e. The third-order valence-corrected chi connectivity index (χ3v) is 4.93. The van der Waals surface area contributed by atoms with Gasteiger partial charge < -0.3 is 14.7 Å². The van der Waals surface area contributed by atoms with E-state index in [-0.39, 0.29) is 5.56 Å². The number of nitrogens with zero attached hydrogens (tertiary/aromatic N) is 2. The number of rotatable bonds is 3. The van der Waals surface area contributed by atoms with Gasteiger partial charge in [0.1, 0.15) is 0 Å². The monoisotopic (exact) mass is 385 g/mol. The minimum absolute atomic E-state index is 0.206. The molecule has 0 radical (unpaired) electrons. The van der Waals surface area contributed by atoms with Crippen molar-refractivity contribution in [3.63, 3.8) is 0 Å². The third kappa shape index (κ3) is 2.85. The second-order valence-corrected chi connectivity index (χ2v) is 6.84. The predicted molar refractivity (Wildman–Crippen MR) is 103 cm³/mol. The summed E-state index contributed by atoms with van der Waals surface area (Å²) in [6.07, 6.45) is 3.53. The first kappa shape index (κ1) is 16.7. The molecule has 0 bridgehead atoms. The number of aromatic nitrogens is 3. The maximum Gasteiger partial charge on any atom is 0.335 e. The van der Waals surface area contributed by atoms with Crippen molar-refractivity contribution < 1.29 is 9.90 Å². The molecule has 0 unspecified atom stereocenters. The Morgan fingerprint density at radius 3 is 2.62 bits per heavy atom. The van der Waals surface area contributed by atoms with Gasteiger partial charge in [0, 0.05) is 29.9 Å². The van der Waals surface area contributed by atoms with Crippen LogP contribution in [0.1, 0.15) is 10.4 Å². The number of hydrogen-bond donors (Lipinski definition) is 2. The Morgan fingerprint density at radius 2 is 1.96 bits per heavy atom. The molecule has 0 saturated heterocycles. The van der Waals surface area contributed by atoms with Crippen LogP contribution in [0.4, 0.5) is 0 Å². The predicted octanol–water partition coefficient (Wildman–Crippen LogP) is 5.24. The summed E-state index contributed by atoms with van der Waals surface area (Å²) in [4.78, 5) is 19.2. The number of H-pyrrole nitrogens is 1. The van der Waals surface area contributed by atoms with Gasteiger partial charge in [0.25, 0.3) is 0 Å². The van der Waals surface area contributed by atoms with Gasteiger partial charge in [0.2, 0.25) is 0 Å². The van der Waals surface area contributed by atoms with E-state index >= 15 is 0 Å². The van der Waals surface area contributed by atoms with E-state index in [0.717, 1.165) is 27.7 Å². The highest BCUT2D eigenvalue weighted by Gasteiger charge is 2.15. The zero-order chi connectivity index (χ0) is 18.4. The Labute approximate surface area is 158 Å². The number of carboxylic acid groups (broad SMARTS) is 1. The lowest BCUT2D eigenvalue weighted by Crippen LogP contribution is -1.96. The topological polar surface area (TPSA) is 70.9 Å². The van der Waals surface area contributed by atoms with E-state index < -0.39 is 5.97 Å². The SMILES string of the molecule is Cn1cnc(-c2cc(C(=O)O)cc3cc(-c4ccc(Cl)c(Cl)c4)[nH]c23)c1. The lowest BCUT2D eigenvalue weighted by atomic mass is 10.0. The highest BCUT2D eigenvalue weighted by atomic mass is 35.5. The number of aryl methyl sites for hydroxylation is 1. The van der Waals surface area contributed by atoms with Crippen LogP contribution >= 0.6 is 23.2 Å². The molecule has 5 nitrogen and oxygen atoms in total. The van der Waals surface area contributed by atoms with Crippen molar-refractivity contribution >= 4 is 40.1 Å². The molecule has 4 aromatic rings. The zero-order valence-corrected chi connectivity index (χ0v) is 15.1. The molecule has 0 aliphatic rings. The molecule has 7 heteroatoms. The average molecular weight is 386 g/mol. The highest BCUT2D eigenvalue weighted by Crippen LogP contribution is 2.34. The van der Waals surface area contributed by atoms with Gasteiger partial charge in [-0.2, -0.15) is 0 Å². The van der Waals surface area contributed by atoms with E-state index in [1.54, 1.807) is 30.6 Å². The van der Waals surface area contributed by atoms with Crippen LogP contribution in [0.25, 0.3) is 33.4 Å². The Bertz CT molecular complexity index is 1160. The van der Waals surface area contributed by atoms with Crippen molar-refractivity contribution in [3.05, 3.63) is 64.5 Å². The van der Waals surface area contributed by atoms with Gasteiger partial charge in [0.15, 0.2) is 0 Å². The van der Waals surface area contributed by atoms with E-state index in [0.29, 0.717) is 15.7 Å². The number of aromatic carboxylic acids is 1. The van der Waals surface area contributed by atoms with Gasteiger partial charge >= 0.3 is 5.97 Å². The van der Waals surface area contributed by atoms with Gasteiger partial charge in [-0.05, 0) is 35.9 Å². The molecule has 0 spiro atoms. The minimum atomic E-state index is -0.985. The van der Waals surface area contributed by atoms with Gasteiger partial charge in [-0.25, -0.2) is 9.78 Å². The lowest BCUT2D eigenvalue weighted by molar-refractivity contribution is 0.0697. The van der Waals surface area contributed by atoms with Crippen molar-refractivity contribution in [2.45, 2.75) is 0 Å². The number of aromatic amines is 1. The number of carboxylic acids is 1. The summed E-state index contributed by atoms with van der Waals surface area (Å²) in [5, 5.41) is 11.2. The highest BCUT2D eigenvalue weighted by molar-refractivity contribution is 6.42. The van der Waals surface area contributed by atoms with Gasteiger partial charge in [-0.1, -0.05) is 29.3 Å². The van der Waals surface area contributed by atoms with Crippen molar-refractivity contribution in [1.82, 2.24) is 14.5 Å². The van der Waals surface area contributed by atoms with Crippen molar-refractivity contribution in [2.24, 2.45) is 7.05 Å². The molecular formula is C19H13Cl2N3O2. The molecule has 2 N–H and O–H groups in total. The number of imidazole rings is 1. The molecule has 0 aliphatic heterocycles. The number of halogens is 2. The average Bonchev–Trinajstić information content (AvgIpc) is 3.22. The number of nitrogens with one attached hydrogen (secondary N) is 1. The molecule has 0 fully saturated rings. The van der Waals surface area contributed by atoms with Crippen molar-refractivity contribution in [2.75, 3.05) is 0 Å². The molecule has 2 aromatic carbocycles. The number of carbonyl (C=O) groups is 1. The maximum absolute atomic E-state index is 11.5. The molecule has 0 saturated carbocycles. The largest absolute Gasteiger partial charge is 0.478 e. The summed E-state index contributed by atoms with van der Waals surface area (Å²) >= 11 is 12.1. The summed E-state index contributed by atoms with van der Waals surface area (Å²) in [5.74, 6) is -0.985. The number of hydrogen-bond acceptors (Lipinski definition) is 2. The Balaban J connectivity index is 1.96. The summed E-state index contributed by atoms with van der Waals surface area (Å²) < 4.78 is 1.82. The Hall–Kier alpha value is -2.76. The van der Waals surface area contributed by atoms with Crippen molar-refractivity contribution in [1.29, 1.82) is 0 Å². The maximum atomic E-state index is 11.5. The molecule has 2 aromatic heterocycles. The van der Waals surface area contributed by atoms with Gasteiger partial charge in [0.05, 0.1) is 33.1 Å². The molecule has 2 heterocycles. The van der Waals surface area contributed by atoms with Crippen molar-refractivity contribution in [3.8, 4) is 22.5 Å². The standard InChI is InChI=1S/C19H13Cl2N3O2/c1-24-8-17(22-9-24)13-5-12(19(25)26)4-11-7-16(23-18(11)13)10-2-3-14(20)15(21)6-10/h2-9,23H,1H3,(H,25,26). The smallest absolute Gasteiger partial charge is 0.335 e. The fourth-order valence-electron chi connectivity index (χ4n) is 2.94. The van der Waals surface area contributed by atoms with E-state index in [1.807, 2.05) is 29.9 Å². The summed E-state index contributed by atoms with van der Waals surface area (Å²) in [7, 11) is 1.87. The van der Waals surface area contributed by atoms with Crippen LogP contribution in [0.3, 0.4) is 0 Å². The summed E-state index contributed by atoms with van der Waals surface area (Å²) in [5.41, 5.74) is 4.13. The third-order valence-electron chi connectivity index (χ3n) is 4.19.